The van der Waals surface area contributed by atoms with Crippen molar-refractivity contribution in [3.8, 4) is 0 Å². The lowest BCUT2D eigenvalue weighted by atomic mass is 10.2. The number of hydrogen-bond acceptors (Lipinski definition) is 4. The van der Waals surface area contributed by atoms with Crippen molar-refractivity contribution in [3.63, 3.8) is 0 Å². The highest BCUT2D eigenvalue weighted by Gasteiger charge is 2.41. The smallest absolute Gasteiger partial charge is 0.330 e. The van der Waals surface area contributed by atoms with Gasteiger partial charge in [0.2, 0.25) is 5.82 Å². The van der Waals surface area contributed by atoms with E-state index in [1.54, 1.807) is 4.98 Å². The summed E-state index contributed by atoms with van der Waals surface area (Å²) >= 11 is 0. The van der Waals surface area contributed by atoms with Crippen LogP contribution in [0.25, 0.3) is 0 Å². The largest absolute Gasteiger partial charge is 0.414 e. The molecule has 1 N–H and O–H groups in total. The van der Waals surface area contributed by atoms with Crippen LogP contribution < -0.4 is 11.2 Å². The Kier molecular flexibility index (Phi) is 5.17. The fourth-order valence-corrected chi connectivity index (χ4v) is 3.26. The van der Waals surface area contributed by atoms with Gasteiger partial charge in [-0.05, 0) is 18.1 Å². The fraction of sp³-hybridized carbons (Fsp3) is 0.733. The number of alkyl halides is 1. The van der Waals surface area contributed by atoms with Crippen LogP contribution in [0.3, 0.4) is 0 Å². The van der Waals surface area contributed by atoms with Crippen LogP contribution in [-0.4, -0.2) is 36.8 Å². The summed E-state index contributed by atoms with van der Waals surface area (Å²) in [6.45, 7) is 10.7. The number of nitrogens with zero attached hydrogens (tertiary/aromatic N) is 1. The minimum Gasteiger partial charge on any atom is -0.414 e. The maximum atomic E-state index is 14.2. The van der Waals surface area contributed by atoms with E-state index in [2.05, 4.69) is 33.9 Å². The predicted octanol–water partition coefficient (Wildman–Crippen LogP) is 2.32. The van der Waals surface area contributed by atoms with E-state index in [4.69, 9.17) is 9.16 Å². The molecule has 1 aliphatic rings. The SMILES string of the molecule is CC(C)(C)[Si](C)(C)OC[C@@H]1C[C@H](F)[C@H](n2cc(F)c(=O)[nH]c2=O)O1. The van der Waals surface area contributed by atoms with E-state index in [1.165, 1.54) is 0 Å². The Balaban J connectivity index is 2.09. The summed E-state index contributed by atoms with van der Waals surface area (Å²) in [5.41, 5.74) is -2.04. The Morgan fingerprint density at radius 3 is 2.62 bits per heavy atom. The first kappa shape index (κ1) is 19.0. The number of H-pyrrole nitrogens is 1. The van der Waals surface area contributed by atoms with Crippen molar-refractivity contribution in [1.82, 2.24) is 9.55 Å². The highest BCUT2D eigenvalue weighted by atomic mass is 28.4. The van der Waals surface area contributed by atoms with Crippen molar-refractivity contribution in [2.75, 3.05) is 6.61 Å². The van der Waals surface area contributed by atoms with Gasteiger partial charge in [-0.1, -0.05) is 20.8 Å². The second kappa shape index (κ2) is 6.53. The van der Waals surface area contributed by atoms with E-state index < -0.39 is 43.9 Å². The highest BCUT2D eigenvalue weighted by molar-refractivity contribution is 6.74. The van der Waals surface area contributed by atoms with Crippen LogP contribution in [0.15, 0.2) is 15.8 Å². The van der Waals surface area contributed by atoms with Crippen molar-refractivity contribution in [3.05, 3.63) is 32.9 Å². The average molecular weight is 362 g/mol. The highest BCUT2D eigenvalue weighted by Crippen LogP contribution is 2.38. The summed E-state index contributed by atoms with van der Waals surface area (Å²) in [5, 5.41) is 0.0130. The molecule has 9 heteroatoms. The molecule has 0 unspecified atom stereocenters. The molecule has 0 radical (unpaired) electrons. The zero-order valence-electron chi connectivity index (χ0n) is 14.6. The Bertz CT molecular complexity index is 711. The maximum Gasteiger partial charge on any atom is 0.330 e. The third kappa shape index (κ3) is 3.84. The van der Waals surface area contributed by atoms with Crippen molar-refractivity contribution >= 4 is 8.32 Å². The average Bonchev–Trinajstić information content (AvgIpc) is 2.80. The number of ether oxygens (including phenoxy) is 1. The van der Waals surface area contributed by atoms with Gasteiger partial charge >= 0.3 is 5.69 Å². The molecule has 0 amide bonds. The number of halogens is 2. The molecule has 6 nitrogen and oxygen atoms in total. The number of nitrogens with one attached hydrogen (secondary N) is 1. The Hall–Kier alpha value is -1.32. The molecule has 1 saturated heterocycles. The molecule has 1 fully saturated rings. The Morgan fingerprint density at radius 1 is 1.42 bits per heavy atom. The summed E-state index contributed by atoms with van der Waals surface area (Å²) in [4.78, 5) is 24.6. The zero-order chi connectivity index (χ0) is 18.3. The molecule has 1 aromatic rings. The van der Waals surface area contributed by atoms with Crippen LogP contribution in [0.4, 0.5) is 8.78 Å². The van der Waals surface area contributed by atoms with Gasteiger partial charge in [0.05, 0.1) is 18.9 Å². The molecular weight excluding hydrogens is 338 g/mol. The number of rotatable bonds is 4. The topological polar surface area (TPSA) is 73.3 Å². The van der Waals surface area contributed by atoms with Crippen LogP contribution in [-0.2, 0) is 9.16 Å². The van der Waals surface area contributed by atoms with E-state index in [-0.39, 0.29) is 18.1 Å². The third-order valence-corrected chi connectivity index (χ3v) is 9.26. The van der Waals surface area contributed by atoms with Crippen LogP contribution in [0.2, 0.25) is 18.1 Å². The van der Waals surface area contributed by atoms with Gasteiger partial charge in [0, 0.05) is 6.42 Å². The first-order chi connectivity index (χ1) is 10.9. The van der Waals surface area contributed by atoms with Crippen molar-refractivity contribution in [2.45, 2.75) is 63.8 Å². The second-order valence-corrected chi connectivity index (χ2v) is 12.4. The van der Waals surface area contributed by atoms with E-state index in [0.29, 0.717) is 6.20 Å². The van der Waals surface area contributed by atoms with E-state index >= 15 is 0 Å². The van der Waals surface area contributed by atoms with Crippen LogP contribution in [0.5, 0.6) is 0 Å². The normalized spacial score (nSPS) is 25.2. The maximum absolute atomic E-state index is 14.2. The van der Waals surface area contributed by atoms with Crippen molar-refractivity contribution < 1.29 is 17.9 Å². The Morgan fingerprint density at radius 2 is 2.04 bits per heavy atom. The lowest BCUT2D eigenvalue weighted by Crippen LogP contribution is -2.42. The van der Waals surface area contributed by atoms with E-state index in [9.17, 15) is 18.4 Å². The molecule has 0 aromatic carbocycles. The summed E-state index contributed by atoms with van der Waals surface area (Å²) in [5.74, 6) is -1.16. The molecule has 136 valence electrons. The second-order valence-electron chi connectivity index (χ2n) is 7.62. The first-order valence-electron chi connectivity index (χ1n) is 7.87. The predicted molar refractivity (Wildman–Crippen MR) is 87.9 cm³/mol. The first-order valence-corrected chi connectivity index (χ1v) is 10.8. The van der Waals surface area contributed by atoms with Gasteiger partial charge < -0.3 is 9.16 Å². The molecule has 2 rings (SSSR count). The van der Waals surface area contributed by atoms with E-state index in [0.717, 1.165) is 4.57 Å². The van der Waals surface area contributed by atoms with Gasteiger partial charge in [-0.15, -0.1) is 0 Å². The van der Waals surface area contributed by atoms with E-state index in [1.807, 2.05) is 0 Å². The lowest BCUT2D eigenvalue weighted by molar-refractivity contribution is -0.0379. The molecule has 3 atom stereocenters. The van der Waals surface area contributed by atoms with Gasteiger partial charge in [0.1, 0.15) is 6.17 Å². The standard InChI is InChI=1S/C15H24F2N2O4Si/c1-15(2,3)24(4,5)22-8-9-6-10(16)13(23-9)19-7-11(17)12(20)18-14(19)21/h7,9-10,13H,6,8H2,1-5H3,(H,18,20,21)/t9-,10-,13+/m0/s1. The van der Waals surface area contributed by atoms with Crippen molar-refractivity contribution in [1.29, 1.82) is 0 Å². The lowest BCUT2D eigenvalue weighted by Gasteiger charge is -2.36. The minimum atomic E-state index is -2.00. The summed E-state index contributed by atoms with van der Waals surface area (Å²) in [7, 11) is -2.00. The third-order valence-electron chi connectivity index (χ3n) is 4.76. The molecule has 1 aliphatic heterocycles. The van der Waals surface area contributed by atoms with Crippen molar-refractivity contribution in [2.24, 2.45) is 0 Å². The monoisotopic (exact) mass is 362 g/mol. The quantitative estimate of drug-likeness (QED) is 0.835. The van der Waals surface area contributed by atoms with Crippen LogP contribution in [0, 0.1) is 5.82 Å². The van der Waals surface area contributed by atoms with Gasteiger partial charge in [-0.25, -0.2) is 9.18 Å². The molecule has 1 aromatic heterocycles. The molecule has 0 bridgehead atoms. The van der Waals surface area contributed by atoms with Gasteiger partial charge in [0.25, 0.3) is 5.56 Å². The summed E-state index contributed by atoms with van der Waals surface area (Å²) in [6, 6.07) is 0. The molecule has 24 heavy (non-hydrogen) atoms. The van der Waals surface area contributed by atoms with Gasteiger partial charge in [-0.2, -0.15) is 4.39 Å². The molecule has 0 aliphatic carbocycles. The fourth-order valence-electron chi connectivity index (χ4n) is 2.22. The minimum absolute atomic E-state index is 0.0130. The molecule has 2 heterocycles. The molecule has 0 saturated carbocycles. The van der Waals surface area contributed by atoms with Gasteiger partial charge in [0.15, 0.2) is 14.5 Å². The summed E-state index contributed by atoms with van der Waals surface area (Å²) < 4.78 is 39.9. The van der Waals surface area contributed by atoms with Crippen LogP contribution in [0.1, 0.15) is 33.4 Å². The number of aromatic nitrogens is 2. The number of hydrogen-bond donors (Lipinski definition) is 1. The van der Waals surface area contributed by atoms with Gasteiger partial charge in [-0.3, -0.25) is 14.3 Å². The Labute approximate surface area is 139 Å². The van der Waals surface area contributed by atoms with Crippen LogP contribution >= 0.6 is 0 Å². The molecule has 0 spiro atoms. The number of aromatic amines is 1. The zero-order valence-corrected chi connectivity index (χ0v) is 15.6. The summed E-state index contributed by atoms with van der Waals surface area (Å²) in [6.07, 6.45) is -2.55. The molecular formula is C15H24F2N2O4Si.